The summed E-state index contributed by atoms with van der Waals surface area (Å²) in [7, 11) is 1.92. The van der Waals surface area contributed by atoms with Crippen LogP contribution in [-0.2, 0) is 13.7 Å². The summed E-state index contributed by atoms with van der Waals surface area (Å²) in [5, 5.41) is 0. The van der Waals surface area contributed by atoms with Crippen molar-refractivity contribution < 1.29 is 4.74 Å². The minimum atomic E-state index is 0.548. The van der Waals surface area contributed by atoms with E-state index in [1.165, 1.54) is 0 Å². The lowest BCUT2D eigenvalue weighted by Crippen LogP contribution is -1.96. The maximum absolute atomic E-state index is 5.85. The smallest absolute Gasteiger partial charge is 0.177 e. The maximum Gasteiger partial charge on any atom is 0.177 e. The average molecular weight is 316 g/mol. The third-order valence-corrected chi connectivity index (χ3v) is 3.57. The quantitative estimate of drug-likeness (QED) is 0.736. The predicted octanol–water partition coefficient (Wildman–Crippen LogP) is 3.71. The van der Waals surface area contributed by atoms with Crippen molar-refractivity contribution in [1.82, 2.24) is 9.55 Å². The molecule has 0 saturated heterocycles. The highest BCUT2D eigenvalue weighted by atomic mass is 79.9. The van der Waals surface area contributed by atoms with Crippen LogP contribution in [-0.4, -0.2) is 9.55 Å². The first kappa shape index (κ1) is 12.2. The second-order valence-corrected chi connectivity index (χ2v) is 5.17. The number of ether oxygens (including phenoxy) is 1. The van der Waals surface area contributed by atoms with E-state index >= 15 is 0 Å². The van der Waals surface area contributed by atoms with E-state index in [0.29, 0.717) is 6.61 Å². The summed E-state index contributed by atoms with van der Waals surface area (Å²) in [5.74, 6) is 0.813. The van der Waals surface area contributed by atoms with Crippen molar-refractivity contribution in [3.63, 3.8) is 0 Å². The van der Waals surface area contributed by atoms with Crippen molar-refractivity contribution in [2.24, 2.45) is 7.05 Å². The zero-order valence-corrected chi connectivity index (χ0v) is 12.0. The molecular formula is C15H12BrN2O. The lowest BCUT2D eigenvalue weighted by Gasteiger charge is -2.09. The van der Waals surface area contributed by atoms with E-state index in [1.54, 1.807) is 0 Å². The van der Waals surface area contributed by atoms with Gasteiger partial charge in [-0.25, -0.2) is 4.98 Å². The summed E-state index contributed by atoms with van der Waals surface area (Å²) in [5.41, 5.74) is 3.05. The van der Waals surface area contributed by atoms with Crippen LogP contribution < -0.4 is 4.74 Å². The Balaban J connectivity index is 1.88. The summed E-state index contributed by atoms with van der Waals surface area (Å²) >= 11 is 3.51. The lowest BCUT2D eigenvalue weighted by molar-refractivity contribution is 0.304. The number of imidazole rings is 1. The van der Waals surface area contributed by atoms with Gasteiger partial charge in [0.25, 0.3) is 0 Å². The summed E-state index contributed by atoms with van der Waals surface area (Å²) in [6.07, 6.45) is 2.90. The number of fused-ring (bicyclic) bond motifs is 1. The van der Waals surface area contributed by atoms with Gasteiger partial charge in [-0.1, -0.05) is 30.3 Å². The topological polar surface area (TPSA) is 27.1 Å². The second kappa shape index (κ2) is 5.05. The fraction of sp³-hybridized carbons (Fsp3) is 0.133. The first-order valence-corrected chi connectivity index (χ1v) is 6.74. The Hall–Kier alpha value is -1.81. The molecule has 1 aromatic heterocycles. The Kier molecular flexibility index (Phi) is 3.25. The number of aromatic nitrogens is 2. The van der Waals surface area contributed by atoms with E-state index < -0.39 is 0 Å². The largest absolute Gasteiger partial charge is 0.488 e. The number of halogens is 1. The Morgan fingerprint density at radius 1 is 1.26 bits per heavy atom. The van der Waals surface area contributed by atoms with Gasteiger partial charge in [-0.3, -0.25) is 0 Å². The highest BCUT2D eigenvalue weighted by molar-refractivity contribution is 9.10. The summed E-state index contributed by atoms with van der Waals surface area (Å²) < 4.78 is 8.62. The van der Waals surface area contributed by atoms with Crippen molar-refractivity contribution in [2.45, 2.75) is 6.61 Å². The Labute approximate surface area is 120 Å². The molecule has 0 unspecified atom stereocenters. The van der Waals surface area contributed by atoms with Gasteiger partial charge in [-0.2, -0.15) is 0 Å². The molecule has 2 aromatic carbocycles. The van der Waals surface area contributed by atoms with Gasteiger partial charge < -0.3 is 9.30 Å². The summed E-state index contributed by atoms with van der Waals surface area (Å²) in [6, 6.07) is 14.0. The molecule has 3 nitrogen and oxygen atoms in total. The van der Waals surface area contributed by atoms with Crippen LogP contribution in [0.4, 0.5) is 0 Å². The van der Waals surface area contributed by atoms with Crippen molar-refractivity contribution >= 4 is 27.0 Å². The van der Waals surface area contributed by atoms with Crippen molar-refractivity contribution in [3.8, 4) is 5.75 Å². The number of hydrogen-bond acceptors (Lipinski definition) is 2. The van der Waals surface area contributed by atoms with Crippen LogP contribution in [0.15, 0.2) is 46.9 Å². The molecule has 0 saturated carbocycles. The monoisotopic (exact) mass is 315 g/mol. The number of nitrogens with zero attached hydrogens (tertiary/aromatic N) is 2. The minimum absolute atomic E-state index is 0.548. The van der Waals surface area contributed by atoms with E-state index in [1.807, 2.05) is 54.1 Å². The van der Waals surface area contributed by atoms with Crippen LogP contribution in [0.3, 0.4) is 0 Å². The normalized spacial score (nSPS) is 10.8. The molecule has 4 heteroatoms. The van der Waals surface area contributed by atoms with Gasteiger partial charge in [-0.15, -0.1) is 0 Å². The number of aryl methyl sites for hydroxylation is 1. The van der Waals surface area contributed by atoms with Gasteiger partial charge in [0.05, 0.1) is 15.5 Å². The standard InChI is InChI=1S/C15H12BrN2O/c1-18-10-17-13-7-12(16)15(8-14(13)18)19-9-11-5-3-2-4-6-11/h2-8H,9H2,1H3. The van der Waals surface area contributed by atoms with E-state index in [2.05, 4.69) is 27.2 Å². The molecule has 95 valence electrons. The fourth-order valence-corrected chi connectivity index (χ4v) is 2.36. The first-order chi connectivity index (χ1) is 9.24. The third-order valence-electron chi connectivity index (χ3n) is 2.95. The zero-order chi connectivity index (χ0) is 13.2. The third kappa shape index (κ3) is 2.49. The molecule has 0 amide bonds. The Morgan fingerprint density at radius 3 is 2.84 bits per heavy atom. The highest BCUT2D eigenvalue weighted by Gasteiger charge is 2.08. The van der Waals surface area contributed by atoms with E-state index in [9.17, 15) is 0 Å². The molecule has 3 rings (SSSR count). The number of hydrogen-bond donors (Lipinski definition) is 0. The van der Waals surface area contributed by atoms with Crippen molar-refractivity contribution in [3.05, 3.63) is 58.8 Å². The molecule has 0 aliphatic rings. The van der Waals surface area contributed by atoms with Gasteiger partial charge >= 0.3 is 0 Å². The SMILES string of the molecule is Cn1[c]nc2cc(Br)c(OCc3ccccc3)cc21. The molecule has 0 atom stereocenters. The van der Waals surface area contributed by atoms with Crippen LogP contribution in [0.1, 0.15) is 5.56 Å². The van der Waals surface area contributed by atoms with E-state index in [-0.39, 0.29) is 0 Å². The molecule has 0 fully saturated rings. The molecule has 0 aliphatic carbocycles. The molecule has 0 aliphatic heterocycles. The first-order valence-electron chi connectivity index (χ1n) is 5.94. The van der Waals surface area contributed by atoms with E-state index in [0.717, 1.165) is 26.8 Å². The van der Waals surface area contributed by atoms with Crippen molar-refractivity contribution in [1.29, 1.82) is 0 Å². The van der Waals surface area contributed by atoms with E-state index in [4.69, 9.17) is 4.74 Å². The van der Waals surface area contributed by atoms with Gasteiger partial charge in [0.1, 0.15) is 12.4 Å². The summed E-state index contributed by atoms with van der Waals surface area (Å²) in [4.78, 5) is 4.19. The molecular weight excluding hydrogens is 304 g/mol. The molecule has 1 heterocycles. The lowest BCUT2D eigenvalue weighted by atomic mass is 10.2. The second-order valence-electron chi connectivity index (χ2n) is 4.32. The maximum atomic E-state index is 5.85. The zero-order valence-electron chi connectivity index (χ0n) is 10.4. The van der Waals surface area contributed by atoms with Crippen LogP contribution >= 0.6 is 15.9 Å². The van der Waals surface area contributed by atoms with Crippen LogP contribution in [0, 0.1) is 6.33 Å². The minimum Gasteiger partial charge on any atom is -0.488 e. The van der Waals surface area contributed by atoms with Gasteiger partial charge in [-0.05, 0) is 27.6 Å². The van der Waals surface area contributed by atoms with Crippen LogP contribution in [0.2, 0.25) is 0 Å². The average Bonchev–Trinajstić information content (AvgIpc) is 2.78. The molecule has 19 heavy (non-hydrogen) atoms. The molecule has 0 bridgehead atoms. The Morgan fingerprint density at radius 2 is 2.05 bits per heavy atom. The Bertz CT molecular complexity index is 707. The van der Waals surface area contributed by atoms with Gasteiger partial charge in [0.2, 0.25) is 0 Å². The molecule has 3 aromatic rings. The fourth-order valence-electron chi connectivity index (χ4n) is 1.92. The number of rotatable bonds is 3. The summed E-state index contributed by atoms with van der Waals surface area (Å²) in [6.45, 7) is 0.548. The van der Waals surface area contributed by atoms with Gasteiger partial charge in [0, 0.05) is 13.1 Å². The molecule has 0 N–H and O–H groups in total. The number of benzene rings is 2. The van der Waals surface area contributed by atoms with Crippen LogP contribution in [0.25, 0.3) is 11.0 Å². The van der Waals surface area contributed by atoms with Gasteiger partial charge in [0.15, 0.2) is 6.33 Å². The van der Waals surface area contributed by atoms with Crippen LogP contribution in [0.5, 0.6) is 5.75 Å². The molecule has 0 spiro atoms. The molecule has 1 radical (unpaired) electrons. The van der Waals surface area contributed by atoms with Crippen molar-refractivity contribution in [2.75, 3.05) is 0 Å². The predicted molar refractivity (Wildman–Crippen MR) is 78.0 cm³/mol. The highest BCUT2D eigenvalue weighted by Crippen LogP contribution is 2.30.